The molecule has 2 aromatic carbocycles. The van der Waals surface area contributed by atoms with Gasteiger partial charge in [0.25, 0.3) is 0 Å². The number of methoxy groups -OCH3 is 1. The largest absolute Gasteiger partial charge is 0.497 e. The fourth-order valence-electron chi connectivity index (χ4n) is 2.84. The molecule has 3 aromatic rings. The van der Waals surface area contributed by atoms with Gasteiger partial charge in [0.15, 0.2) is 0 Å². The van der Waals surface area contributed by atoms with Crippen LogP contribution in [0.4, 0.5) is 5.69 Å². The zero-order valence-corrected chi connectivity index (χ0v) is 16.3. The highest BCUT2D eigenvalue weighted by molar-refractivity contribution is 5.92. The van der Waals surface area contributed by atoms with Gasteiger partial charge in [-0.05, 0) is 49.9 Å². The van der Waals surface area contributed by atoms with Gasteiger partial charge >= 0.3 is 0 Å². The average molecular weight is 380 g/mol. The van der Waals surface area contributed by atoms with E-state index in [0.29, 0.717) is 18.3 Å². The van der Waals surface area contributed by atoms with Crippen molar-refractivity contribution in [3.63, 3.8) is 0 Å². The van der Waals surface area contributed by atoms with E-state index in [0.717, 1.165) is 17.0 Å². The molecule has 0 aliphatic heterocycles. The number of amides is 1. The number of nitrogens with one attached hydrogen (secondary N) is 1. The lowest BCUT2D eigenvalue weighted by atomic mass is 10.2. The number of ether oxygens (including phenoxy) is 1. The minimum absolute atomic E-state index is 0.110. The van der Waals surface area contributed by atoms with E-state index in [1.54, 1.807) is 31.4 Å². The summed E-state index contributed by atoms with van der Waals surface area (Å²) < 4.78 is 11.0. The Morgan fingerprint density at radius 2 is 1.86 bits per heavy atom. The first-order chi connectivity index (χ1) is 13.6. The number of carbonyl (C=O) groups excluding carboxylic acids is 1. The Bertz CT molecular complexity index is 894. The highest BCUT2D eigenvalue weighted by atomic mass is 16.5. The third kappa shape index (κ3) is 4.75. The zero-order valence-electron chi connectivity index (χ0n) is 16.3. The van der Waals surface area contributed by atoms with E-state index in [2.05, 4.69) is 15.5 Å². The van der Waals surface area contributed by atoms with Crippen LogP contribution < -0.4 is 10.1 Å². The number of rotatable bonds is 8. The van der Waals surface area contributed by atoms with Crippen molar-refractivity contribution in [3.05, 3.63) is 60.5 Å². The number of anilines is 1. The van der Waals surface area contributed by atoms with Gasteiger partial charge in [-0.2, -0.15) is 0 Å². The molecular weight excluding hydrogens is 356 g/mol. The molecule has 7 heteroatoms. The quantitative estimate of drug-likeness (QED) is 0.641. The van der Waals surface area contributed by atoms with Crippen LogP contribution in [0.1, 0.15) is 25.8 Å². The van der Waals surface area contributed by atoms with Gasteiger partial charge in [-0.15, -0.1) is 10.2 Å². The van der Waals surface area contributed by atoms with E-state index >= 15 is 0 Å². The molecule has 0 saturated carbocycles. The first-order valence-corrected chi connectivity index (χ1v) is 9.17. The molecule has 1 atom stereocenters. The first kappa shape index (κ1) is 19.6. The van der Waals surface area contributed by atoms with E-state index in [4.69, 9.17) is 9.15 Å². The Morgan fingerprint density at radius 3 is 2.50 bits per heavy atom. The van der Waals surface area contributed by atoms with Gasteiger partial charge in [0.1, 0.15) is 5.75 Å². The summed E-state index contributed by atoms with van der Waals surface area (Å²) in [6, 6.07) is 16.7. The van der Waals surface area contributed by atoms with Crippen molar-refractivity contribution in [2.75, 3.05) is 25.5 Å². The van der Waals surface area contributed by atoms with E-state index < -0.39 is 0 Å². The fraction of sp³-hybridized carbons (Fsp3) is 0.286. The minimum Gasteiger partial charge on any atom is -0.497 e. The standard InChI is InChI=1S/C21H24N4O3/c1-4-25(14-19(26)22-17-10-12-18(27-3)13-11-17)15(2)20-23-24-21(28-20)16-8-6-5-7-9-16/h5-13,15H,4,14H2,1-3H3,(H,22,26). The SMILES string of the molecule is CCN(CC(=O)Nc1ccc(OC)cc1)C(C)c1nnc(-c2ccccc2)o1. The summed E-state index contributed by atoms with van der Waals surface area (Å²) in [6.07, 6.45) is 0. The summed E-state index contributed by atoms with van der Waals surface area (Å²) in [5.41, 5.74) is 1.59. The predicted octanol–water partition coefficient (Wildman–Crippen LogP) is 3.77. The van der Waals surface area contributed by atoms with Gasteiger partial charge in [0.2, 0.25) is 17.7 Å². The normalized spacial score (nSPS) is 12.0. The summed E-state index contributed by atoms with van der Waals surface area (Å²) in [6.45, 7) is 4.82. The lowest BCUT2D eigenvalue weighted by Crippen LogP contribution is -2.35. The maximum Gasteiger partial charge on any atom is 0.247 e. The lowest BCUT2D eigenvalue weighted by Gasteiger charge is -2.24. The van der Waals surface area contributed by atoms with Crippen LogP contribution in [0.2, 0.25) is 0 Å². The van der Waals surface area contributed by atoms with Crippen molar-refractivity contribution in [1.82, 2.24) is 15.1 Å². The second kappa shape index (κ2) is 9.14. The molecule has 1 aromatic heterocycles. The van der Waals surface area contributed by atoms with E-state index in [1.807, 2.05) is 49.1 Å². The summed E-state index contributed by atoms with van der Waals surface area (Å²) in [5, 5.41) is 11.2. The predicted molar refractivity (Wildman–Crippen MR) is 107 cm³/mol. The molecule has 0 fully saturated rings. The van der Waals surface area contributed by atoms with Crippen LogP contribution in [0.3, 0.4) is 0 Å². The molecule has 0 aliphatic carbocycles. The Kier molecular flexibility index (Phi) is 6.39. The zero-order chi connectivity index (χ0) is 19.9. The van der Waals surface area contributed by atoms with Crippen LogP contribution in [0.25, 0.3) is 11.5 Å². The van der Waals surface area contributed by atoms with Crippen molar-refractivity contribution in [1.29, 1.82) is 0 Å². The number of nitrogens with zero attached hydrogens (tertiary/aromatic N) is 3. The van der Waals surface area contributed by atoms with Gasteiger partial charge in [-0.1, -0.05) is 25.1 Å². The van der Waals surface area contributed by atoms with Gasteiger partial charge in [0.05, 0.1) is 19.7 Å². The number of benzene rings is 2. The summed E-state index contributed by atoms with van der Waals surface area (Å²) >= 11 is 0. The molecule has 1 heterocycles. The minimum atomic E-state index is -0.184. The highest BCUT2D eigenvalue weighted by Crippen LogP contribution is 2.23. The molecule has 146 valence electrons. The molecule has 0 spiro atoms. The maximum atomic E-state index is 12.4. The van der Waals surface area contributed by atoms with E-state index in [-0.39, 0.29) is 18.5 Å². The molecule has 3 rings (SSSR count). The van der Waals surface area contributed by atoms with Crippen LogP contribution in [0.15, 0.2) is 59.0 Å². The van der Waals surface area contributed by atoms with Crippen molar-refractivity contribution >= 4 is 11.6 Å². The van der Waals surface area contributed by atoms with Crippen molar-refractivity contribution < 1.29 is 13.9 Å². The van der Waals surface area contributed by atoms with E-state index in [9.17, 15) is 4.79 Å². The van der Waals surface area contributed by atoms with Crippen LogP contribution in [-0.2, 0) is 4.79 Å². The van der Waals surface area contributed by atoms with Gasteiger partial charge in [-0.25, -0.2) is 0 Å². The van der Waals surface area contributed by atoms with E-state index in [1.165, 1.54) is 0 Å². The van der Waals surface area contributed by atoms with Crippen LogP contribution in [0, 0.1) is 0 Å². The van der Waals surface area contributed by atoms with Gasteiger partial charge in [0, 0.05) is 11.3 Å². The molecule has 1 amide bonds. The molecular formula is C21H24N4O3. The third-order valence-electron chi connectivity index (χ3n) is 4.49. The number of likely N-dealkylation sites (N-methyl/N-ethyl adjacent to an activating group) is 1. The molecule has 7 nitrogen and oxygen atoms in total. The van der Waals surface area contributed by atoms with Crippen LogP contribution in [-0.4, -0.2) is 41.2 Å². The van der Waals surface area contributed by atoms with Crippen LogP contribution in [0.5, 0.6) is 5.75 Å². The smallest absolute Gasteiger partial charge is 0.247 e. The molecule has 1 unspecified atom stereocenters. The molecule has 0 radical (unpaired) electrons. The third-order valence-corrected chi connectivity index (χ3v) is 4.49. The number of carbonyl (C=O) groups is 1. The fourth-order valence-corrected chi connectivity index (χ4v) is 2.84. The second-order valence-corrected chi connectivity index (χ2v) is 6.33. The summed E-state index contributed by atoms with van der Waals surface area (Å²) in [5.74, 6) is 1.59. The highest BCUT2D eigenvalue weighted by Gasteiger charge is 2.22. The number of hydrogen-bond donors (Lipinski definition) is 1. The lowest BCUT2D eigenvalue weighted by molar-refractivity contribution is -0.117. The molecule has 28 heavy (non-hydrogen) atoms. The van der Waals surface area contributed by atoms with Crippen molar-refractivity contribution in [2.45, 2.75) is 19.9 Å². The van der Waals surface area contributed by atoms with Crippen molar-refractivity contribution in [2.24, 2.45) is 0 Å². The second-order valence-electron chi connectivity index (χ2n) is 6.33. The first-order valence-electron chi connectivity index (χ1n) is 9.17. The summed E-state index contributed by atoms with van der Waals surface area (Å²) in [4.78, 5) is 14.4. The topological polar surface area (TPSA) is 80.5 Å². The average Bonchev–Trinajstić information content (AvgIpc) is 3.23. The number of hydrogen-bond acceptors (Lipinski definition) is 6. The molecule has 0 bridgehead atoms. The number of aromatic nitrogens is 2. The van der Waals surface area contributed by atoms with Gasteiger partial charge in [-0.3, -0.25) is 9.69 Å². The van der Waals surface area contributed by atoms with Crippen LogP contribution >= 0.6 is 0 Å². The Balaban J connectivity index is 1.63. The Morgan fingerprint density at radius 1 is 1.14 bits per heavy atom. The molecule has 0 saturated heterocycles. The monoisotopic (exact) mass is 380 g/mol. The maximum absolute atomic E-state index is 12.4. The Labute approximate surface area is 164 Å². The molecule has 0 aliphatic rings. The van der Waals surface area contributed by atoms with Gasteiger partial charge < -0.3 is 14.5 Å². The Hall–Kier alpha value is -3.19. The molecule has 1 N–H and O–H groups in total. The summed E-state index contributed by atoms with van der Waals surface area (Å²) in [7, 11) is 1.61. The van der Waals surface area contributed by atoms with Crippen molar-refractivity contribution in [3.8, 4) is 17.2 Å².